The van der Waals surface area contributed by atoms with E-state index in [1.165, 1.54) is 0 Å². The molecule has 2 rings (SSSR count). The maximum atomic E-state index is 8.55. The molecule has 0 bridgehead atoms. The Bertz CT molecular complexity index is 361. The summed E-state index contributed by atoms with van der Waals surface area (Å²) in [5.41, 5.74) is 1.01. The monoisotopic (exact) mass is 217 g/mol. The van der Waals surface area contributed by atoms with Crippen LogP contribution < -0.4 is 4.74 Å². The van der Waals surface area contributed by atoms with Crippen molar-refractivity contribution in [2.75, 3.05) is 6.61 Å². The van der Waals surface area contributed by atoms with Gasteiger partial charge in [0.2, 0.25) is 0 Å². The molecule has 1 fully saturated rings. The molecule has 0 amide bonds. The molecule has 3 heteroatoms. The van der Waals surface area contributed by atoms with Crippen LogP contribution in [0.3, 0.4) is 0 Å². The van der Waals surface area contributed by atoms with E-state index in [0.29, 0.717) is 6.42 Å². The van der Waals surface area contributed by atoms with Crippen LogP contribution in [-0.2, 0) is 11.2 Å². The smallest absolute Gasteiger partial charge is 0.199 e. The Hall–Kier alpha value is -1.53. The minimum Gasteiger partial charge on any atom is -0.465 e. The van der Waals surface area contributed by atoms with Gasteiger partial charge in [0.25, 0.3) is 0 Å². The summed E-state index contributed by atoms with van der Waals surface area (Å²) < 4.78 is 11.2. The lowest BCUT2D eigenvalue weighted by molar-refractivity contribution is -0.105. The number of benzene rings is 1. The SMILES string of the molecule is N#CCc1ccc(OC2CCCCO2)cc1. The van der Waals surface area contributed by atoms with Crippen LogP contribution in [0.4, 0.5) is 0 Å². The molecule has 1 aromatic rings. The van der Waals surface area contributed by atoms with E-state index < -0.39 is 0 Å². The molecule has 0 spiro atoms. The van der Waals surface area contributed by atoms with Gasteiger partial charge >= 0.3 is 0 Å². The summed E-state index contributed by atoms with van der Waals surface area (Å²) in [6.45, 7) is 0.789. The molecule has 1 aliphatic heterocycles. The fourth-order valence-corrected chi connectivity index (χ4v) is 1.73. The maximum Gasteiger partial charge on any atom is 0.199 e. The Morgan fingerprint density at radius 1 is 1.31 bits per heavy atom. The van der Waals surface area contributed by atoms with Gasteiger partial charge in [-0.3, -0.25) is 0 Å². The quantitative estimate of drug-likeness (QED) is 0.781. The highest BCUT2D eigenvalue weighted by atomic mass is 16.7. The molecule has 1 aliphatic rings. The fourth-order valence-electron chi connectivity index (χ4n) is 1.73. The first-order valence-electron chi connectivity index (χ1n) is 5.62. The van der Waals surface area contributed by atoms with Gasteiger partial charge in [-0.15, -0.1) is 0 Å². The second kappa shape index (κ2) is 5.53. The molecular weight excluding hydrogens is 202 g/mol. The van der Waals surface area contributed by atoms with E-state index >= 15 is 0 Å². The Balaban J connectivity index is 1.91. The number of rotatable bonds is 3. The van der Waals surface area contributed by atoms with Crippen LogP contribution >= 0.6 is 0 Å². The van der Waals surface area contributed by atoms with Gasteiger partial charge in [-0.05, 0) is 30.5 Å². The zero-order valence-corrected chi connectivity index (χ0v) is 9.19. The number of hydrogen-bond donors (Lipinski definition) is 0. The Morgan fingerprint density at radius 3 is 2.75 bits per heavy atom. The minimum absolute atomic E-state index is 0.101. The van der Waals surface area contributed by atoms with Crippen molar-refractivity contribution in [3.05, 3.63) is 29.8 Å². The Morgan fingerprint density at radius 2 is 2.12 bits per heavy atom. The molecular formula is C13H15NO2. The van der Waals surface area contributed by atoms with Crippen LogP contribution in [0.15, 0.2) is 24.3 Å². The van der Waals surface area contributed by atoms with Crippen molar-refractivity contribution in [3.63, 3.8) is 0 Å². The van der Waals surface area contributed by atoms with Crippen LogP contribution in [0.2, 0.25) is 0 Å². The van der Waals surface area contributed by atoms with Crippen molar-refractivity contribution >= 4 is 0 Å². The van der Waals surface area contributed by atoms with Crippen molar-refractivity contribution in [2.45, 2.75) is 32.0 Å². The molecule has 84 valence electrons. The first kappa shape index (κ1) is 11.0. The van der Waals surface area contributed by atoms with Crippen molar-refractivity contribution in [1.82, 2.24) is 0 Å². The standard InChI is InChI=1S/C13H15NO2/c14-9-8-11-4-6-12(7-5-11)16-13-3-1-2-10-15-13/h4-7,13H,1-3,8,10H2. The lowest BCUT2D eigenvalue weighted by Crippen LogP contribution is -2.24. The number of nitriles is 1. The third-order valence-corrected chi connectivity index (χ3v) is 2.61. The number of ether oxygens (including phenoxy) is 2. The summed E-state index contributed by atoms with van der Waals surface area (Å²) in [5.74, 6) is 0.814. The van der Waals surface area contributed by atoms with E-state index in [1.807, 2.05) is 24.3 Å². The van der Waals surface area contributed by atoms with Gasteiger partial charge < -0.3 is 9.47 Å². The lowest BCUT2D eigenvalue weighted by Gasteiger charge is -2.23. The molecule has 3 nitrogen and oxygen atoms in total. The third kappa shape index (κ3) is 2.98. The van der Waals surface area contributed by atoms with Gasteiger partial charge in [0.05, 0.1) is 19.1 Å². The average molecular weight is 217 g/mol. The van der Waals surface area contributed by atoms with Gasteiger partial charge in [-0.1, -0.05) is 12.1 Å². The Kier molecular flexibility index (Phi) is 3.79. The van der Waals surface area contributed by atoms with E-state index in [4.69, 9.17) is 14.7 Å². The van der Waals surface area contributed by atoms with Gasteiger partial charge in [0.1, 0.15) is 5.75 Å². The zero-order valence-electron chi connectivity index (χ0n) is 9.19. The number of hydrogen-bond acceptors (Lipinski definition) is 3. The summed E-state index contributed by atoms with van der Waals surface area (Å²) in [4.78, 5) is 0. The highest BCUT2D eigenvalue weighted by molar-refractivity contribution is 5.28. The minimum atomic E-state index is -0.101. The largest absolute Gasteiger partial charge is 0.465 e. The zero-order chi connectivity index (χ0) is 11.2. The second-order valence-electron chi connectivity index (χ2n) is 3.89. The van der Waals surface area contributed by atoms with Crippen LogP contribution in [0.1, 0.15) is 24.8 Å². The fraction of sp³-hybridized carbons (Fsp3) is 0.462. The molecule has 1 unspecified atom stereocenters. The van der Waals surface area contributed by atoms with Crippen LogP contribution in [0, 0.1) is 11.3 Å². The average Bonchev–Trinajstić information content (AvgIpc) is 2.33. The van der Waals surface area contributed by atoms with Crippen LogP contribution in [0.25, 0.3) is 0 Å². The van der Waals surface area contributed by atoms with Gasteiger partial charge in [-0.2, -0.15) is 5.26 Å². The van der Waals surface area contributed by atoms with Crippen molar-refractivity contribution < 1.29 is 9.47 Å². The second-order valence-corrected chi connectivity index (χ2v) is 3.89. The topological polar surface area (TPSA) is 42.2 Å². The molecule has 1 aromatic carbocycles. The predicted molar refractivity (Wildman–Crippen MR) is 60.0 cm³/mol. The van der Waals surface area contributed by atoms with E-state index in [0.717, 1.165) is 37.2 Å². The third-order valence-electron chi connectivity index (χ3n) is 2.61. The summed E-state index contributed by atoms with van der Waals surface area (Å²) in [5, 5.41) is 8.55. The number of nitrogens with zero attached hydrogens (tertiary/aromatic N) is 1. The van der Waals surface area contributed by atoms with Crippen LogP contribution in [-0.4, -0.2) is 12.9 Å². The maximum absolute atomic E-state index is 8.55. The van der Waals surface area contributed by atoms with E-state index in [-0.39, 0.29) is 6.29 Å². The van der Waals surface area contributed by atoms with E-state index in [9.17, 15) is 0 Å². The lowest BCUT2D eigenvalue weighted by atomic mass is 10.1. The summed E-state index contributed by atoms with van der Waals surface area (Å²) >= 11 is 0. The molecule has 0 aromatic heterocycles. The molecule has 0 saturated carbocycles. The van der Waals surface area contributed by atoms with Gasteiger partial charge in [0.15, 0.2) is 6.29 Å². The van der Waals surface area contributed by atoms with E-state index in [1.54, 1.807) is 0 Å². The molecule has 0 aliphatic carbocycles. The normalized spacial score (nSPS) is 20.1. The summed E-state index contributed by atoms with van der Waals surface area (Å²) in [6, 6.07) is 9.74. The highest BCUT2D eigenvalue weighted by Gasteiger charge is 2.14. The van der Waals surface area contributed by atoms with Gasteiger partial charge in [-0.25, -0.2) is 0 Å². The molecule has 16 heavy (non-hydrogen) atoms. The molecule has 0 radical (unpaired) electrons. The van der Waals surface area contributed by atoms with Crippen LogP contribution in [0.5, 0.6) is 5.75 Å². The van der Waals surface area contributed by atoms with E-state index in [2.05, 4.69) is 6.07 Å². The Labute approximate surface area is 95.6 Å². The molecule has 0 N–H and O–H groups in total. The van der Waals surface area contributed by atoms with Crippen molar-refractivity contribution in [1.29, 1.82) is 5.26 Å². The first-order chi connectivity index (χ1) is 7.88. The van der Waals surface area contributed by atoms with Gasteiger partial charge in [0, 0.05) is 6.42 Å². The molecule has 1 heterocycles. The van der Waals surface area contributed by atoms with Crippen molar-refractivity contribution in [3.8, 4) is 11.8 Å². The molecule has 1 saturated heterocycles. The highest BCUT2D eigenvalue weighted by Crippen LogP contribution is 2.19. The first-order valence-corrected chi connectivity index (χ1v) is 5.62. The molecule has 1 atom stereocenters. The van der Waals surface area contributed by atoms with Crippen molar-refractivity contribution in [2.24, 2.45) is 0 Å². The summed E-state index contributed by atoms with van der Waals surface area (Å²) in [7, 11) is 0. The predicted octanol–water partition coefficient (Wildman–Crippen LogP) is 2.66. The summed E-state index contributed by atoms with van der Waals surface area (Å²) in [6.07, 6.45) is 3.59.